The zero-order valence-corrected chi connectivity index (χ0v) is 10.4. The molecule has 0 aliphatic heterocycles. The summed E-state index contributed by atoms with van der Waals surface area (Å²) in [6.07, 6.45) is -4.46. The maximum Gasteiger partial charge on any atom is 0.416 e. The summed E-state index contributed by atoms with van der Waals surface area (Å²) < 4.78 is 42.2. The van der Waals surface area contributed by atoms with E-state index in [-0.39, 0.29) is 17.7 Å². The Bertz CT molecular complexity index is 673. The van der Waals surface area contributed by atoms with Crippen LogP contribution in [0.4, 0.5) is 13.2 Å². The molecular formula is C13H10F3NO3. The van der Waals surface area contributed by atoms with E-state index in [0.29, 0.717) is 5.52 Å². The number of hydrogen-bond donors (Lipinski definition) is 1. The molecule has 0 radical (unpaired) electrons. The zero-order chi connectivity index (χ0) is 14.9. The number of aromatic amines is 1. The van der Waals surface area contributed by atoms with Gasteiger partial charge in [0.15, 0.2) is 0 Å². The van der Waals surface area contributed by atoms with Crippen molar-refractivity contribution in [3.63, 3.8) is 0 Å². The first-order valence-corrected chi connectivity index (χ1v) is 5.74. The molecule has 0 atom stereocenters. The standard InChI is InChI=1S/C13H10F3NO3/c1-2-20-12(19)11(18)10-6-7-5-8(13(14,15)16)3-4-9(7)17-10/h3-6,17H,2H2,1H3. The summed E-state index contributed by atoms with van der Waals surface area (Å²) >= 11 is 0. The second-order valence-electron chi connectivity index (χ2n) is 4.03. The molecule has 0 unspecified atom stereocenters. The van der Waals surface area contributed by atoms with Crippen molar-refractivity contribution < 1.29 is 27.5 Å². The van der Waals surface area contributed by atoms with Crippen LogP contribution >= 0.6 is 0 Å². The Morgan fingerprint density at radius 3 is 2.55 bits per heavy atom. The molecule has 1 aromatic heterocycles. The third-order valence-corrected chi connectivity index (χ3v) is 2.65. The van der Waals surface area contributed by atoms with Crippen LogP contribution in [0.2, 0.25) is 0 Å². The van der Waals surface area contributed by atoms with E-state index in [1.807, 2.05) is 0 Å². The number of nitrogens with one attached hydrogen (secondary N) is 1. The molecular weight excluding hydrogens is 275 g/mol. The van der Waals surface area contributed by atoms with Gasteiger partial charge in [-0.1, -0.05) is 0 Å². The summed E-state index contributed by atoms with van der Waals surface area (Å²) in [5, 5.41) is 0.201. The fourth-order valence-corrected chi connectivity index (χ4v) is 1.74. The van der Waals surface area contributed by atoms with Crippen LogP contribution in [-0.4, -0.2) is 23.3 Å². The molecule has 0 saturated heterocycles. The third-order valence-electron chi connectivity index (χ3n) is 2.65. The fraction of sp³-hybridized carbons (Fsp3) is 0.231. The Hall–Kier alpha value is -2.31. The normalized spacial score (nSPS) is 11.6. The lowest BCUT2D eigenvalue weighted by Gasteiger charge is -2.05. The third kappa shape index (κ3) is 2.66. The summed E-state index contributed by atoms with van der Waals surface area (Å²) in [6, 6.07) is 4.22. The van der Waals surface area contributed by atoms with Gasteiger partial charge in [-0.3, -0.25) is 4.79 Å². The number of H-pyrrole nitrogens is 1. The van der Waals surface area contributed by atoms with Crippen LogP contribution in [0, 0.1) is 0 Å². The summed E-state index contributed by atoms with van der Waals surface area (Å²) in [7, 11) is 0. The molecule has 106 valence electrons. The van der Waals surface area contributed by atoms with Gasteiger partial charge in [0.1, 0.15) is 0 Å². The van der Waals surface area contributed by atoms with Crippen molar-refractivity contribution in [2.75, 3.05) is 6.61 Å². The van der Waals surface area contributed by atoms with Gasteiger partial charge in [0.2, 0.25) is 0 Å². The predicted molar refractivity (Wildman–Crippen MR) is 64.3 cm³/mol. The molecule has 7 heteroatoms. The number of halogens is 3. The Morgan fingerprint density at radius 1 is 1.25 bits per heavy atom. The van der Waals surface area contributed by atoms with Gasteiger partial charge in [-0.15, -0.1) is 0 Å². The van der Waals surface area contributed by atoms with Crippen LogP contribution in [0.5, 0.6) is 0 Å². The van der Waals surface area contributed by atoms with E-state index in [0.717, 1.165) is 12.1 Å². The second-order valence-corrected chi connectivity index (χ2v) is 4.03. The smallest absolute Gasteiger partial charge is 0.416 e. The Kier molecular flexibility index (Phi) is 3.52. The van der Waals surface area contributed by atoms with Gasteiger partial charge < -0.3 is 9.72 Å². The Labute approximate surface area is 111 Å². The minimum absolute atomic E-state index is 0.0447. The number of carbonyl (C=O) groups excluding carboxylic acids is 2. The number of carbonyl (C=O) groups is 2. The van der Waals surface area contributed by atoms with E-state index in [1.54, 1.807) is 6.92 Å². The van der Waals surface area contributed by atoms with Crippen LogP contribution in [0.25, 0.3) is 10.9 Å². The number of alkyl halides is 3. The number of ketones is 1. The SMILES string of the molecule is CCOC(=O)C(=O)c1cc2cc(C(F)(F)F)ccc2[nH]1. The van der Waals surface area contributed by atoms with E-state index < -0.39 is 23.5 Å². The first-order valence-electron chi connectivity index (χ1n) is 5.74. The molecule has 0 amide bonds. The molecule has 0 spiro atoms. The summed E-state index contributed by atoms with van der Waals surface area (Å²) in [5.74, 6) is -1.97. The quantitative estimate of drug-likeness (QED) is 0.536. The number of fused-ring (bicyclic) bond motifs is 1. The minimum atomic E-state index is -4.46. The minimum Gasteiger partial charge on any atom is -0.460 e. The number of ether oxygens (including phenoxy) is 1. The van der Waals surface area contributed by atoms with Crippen LogP contribution in [0.15, 0.2) is 24.3 Å². The van der Waals surface area contributed by atoms with Crippen molar-refractivity contribution in [1.82, 2.24) is 4.98 Å². The van der Waals surface area contributed by atoms with Gasteiger partial charge in [-0.2, -0.15) is 13.2 Å². The van der Waals surface area contributed by atoms with E-state index in [2.05, 4.69) is 9.72 Å². The lowest BCUT2D eigenvalue weighted by Crippen LogP contribution is -2.17. The molecule has 0 fully saturated rings. The Balaban J connectivity index is 2.39. The number of benzene rings is 1. The highest BCUT2D eigenvalue weighted by Crippen LogP contribution is 2.31. The van der Waals surface area contributed by atoms with Gasteiger partial charge in [0.25, 0.3) is 5.78 Å². The van der Waals surface area contributed by atoms with Crippen LogP contribution < -0.4 is 0 Å². The molecule has 1 heterocycles. The largest absolute Gasteiger partial charge is 0.460 e. The monoisotopic (exact) mass is 285 g/mol. The first kappa shape index (κ1) is 14.1. The lowest BCUT2D eigenvalue weighted by atomic mass is 10.1. The van der Waals surface area contributed by atoms with Gasteiger partial charge in [-0.05, 0) is 31.2 Å². The predicted octanol–water partition coefficient (Wildman–Crippen LogP) is 2.93. The highest BCUT2D eigenvalue weighted by atomic mass is 19.4. The molecule has 0 aliphatic carbocycles. The van der Waals surface area contributed by atoms with E-state index in [9.17, 15) is 22.8 Å². The molecule has 0 aliphatic rings. The van der Waals surface area contributed by atoms with Crippen molar-refractivity contribution in [3.8, 4) is 0 Å². The fourth-order valence-electron chi connectivity index (χ4n) is 1.74. The van der Waals surface area contributed by atoms with Crippen LogP contribution in [-0.2, 0) is 15.7 Å². The van der Waals surface area contributed by atoms with Gasteiger partial charge in [0, 0.05) is 10.9 Å². The van der Waals surface area contributed by atoms with E-state index in [4.69, 9.17) is 0 Å². The van der Waals surface area contributed by atoms with Gasteiger partial charge in [0.05, 0.1) is 17.9 Å². The first-order chi connectivity index (χ1) is 9.32. The van der Waals surface area contributed by atoms with Crippen molar-refractivity contribution in [3.05, 3.63) is 35.5 Å². The van der Waals surface area contributed by atoms with Crippen molar-refractivity contribution in [2.24, 2.45) is 0 Å². The molecule has 1 N–H and O–H groups in total. The van der Waals surface area contributed by atoms with E-state index >= 15 is 0 Å². The highest BCUT2D eigenvalue weighted by molar-refractivity contribution is 6.40. The number of hydrogen-bond acceptors (Lipinski definition) is 3. The number of aromatic nitrogens is 1. The summed E-state index contributed by atoms with van der Waals surface area (Å²) in [6.45, 7) is 1.59. The number of Topliss-reactive ketones (excluding diaryl/α,β-unsaturated/α-hetero) is 1. The average Bonchev–Trinajstić information content (AvgIpc) is 2.79. The highest BCUT2D eigenvalue weighted by Gasteiger charge is 2.30. The van der Waals surface area contributed by atoms with Crippen LogP contribution in [0.3, 0.4) is 0 Å². The molecule has 4 nitrogen and oxygen atoms in total. The van der Waals surface area contributed by atoms with Crippen molar-refractivity contribution in [1.29, 1.82) is 0 Å². The topological polar surface area (TPSA) is 59.2 Å². The maximum atomic E-state index is 12.6. The Morgan fingerprint density at radius 2 is 1.95 bits per heavy atom. The average molecular weight is 285 g/mol. The summed E-state index contributed by atoms with van der Waals surface area (Å²) in [5.41, 5.74) is -0.581. The number of esters is 1. The van der Waals surface area contributed by atoms with Gasteiger partial charge in [-0.25, -0.2) is 4.79 Å². The molecule has 2 rings (SSSR count). The second kappa shape index (κ2) is 4.99. The van der Waals surface area contributed by atoms with Crippen molar-refractivity contribution in [2.45, 2.75) is 13.1 Å². The maximum absolute atomic E-state index is 12.6. The van der Waals surface area contributed by atoms with Crippen LogP contribution in [0.1, 0.15) is 23.0 Å². The lowest BCUT2D eigenvalue weighted by molar-refractivity contribution is -0.138. The molecule has 0 bridgehead atoms. The van der Waals surface area contributed by atoms with Crippen molar-refractivity contribution >= 4 is 22.7 Å². The molecule has 0 saturated carbocycles. The van der Waals surface area contributed by atoms with E-state index in [1.165, 1.54) is 12.1 Å². The summed E-state index contributed by atoms with van der Waals surface area (Å²) in [4.78, 5) is 25.5. The zero-order valence-electron chi connectivity index (χ0n) is 10.4. The molecule has 2 aromatic rings. The molecule has 1 aromatic carbocycles. The van der Waals surface area contributed by atoms with Gasteiger partial charge >= 0.3 is 12.1 Å². The molecule has 20 heavy (non-hydrogen) atoms. The number of rotatable bonds is 3.